The Kier molecular flexibility index (Phi) is 3.27. The molecule has 2 N–H and O–H groups in total. The summed E-state index contributed by atoms with van der Waals surface area (Å²) >= 11 is 0. The van der Waals surface area contributed by atoms with Gasteiger partial charge in [-0.3, -0.25) is 0 Å². The molecule has 0 aliphatic heterocycles. The molecule has 2 aromatic carbocycles. The summed E-state index contributed by atoms with van der Waals surface area (Å²) in [5.41, 5.74) is 8.07. The first-order valence-corrected chi connectivity index (χ1v) is 6.30. The molecule has 0 saturated heterocycles. The fraction of sp³-hybridized carbons (Fsp3) is 0.0667. The molecule has 0 saturated carbocycles. The highest BCUT2D eigenvalue weighted by atomic mass is 19.1. The predicted molar refractivity (Wildman–Crippen MR) is 77.7 cm³/mol. The van der Waals surface area contributed by atoms with Crippen molar-refractivity contribution in [3.8, 4) is 22.7 Å². The molecule has 0 spiro atoms. The van der Waals surface area contributed by atoms with Crippen molar-refractivity contribution >= 4 is 5.82 Å². The Morgan fingerprint density at radius 3 is 2.62 bits per heavy atom. The fourth-order valence-corrected chi connectivity index (χ4v) is 2.04. The van der Waals surface area contributed by atoms with Gasteiger partial charge in [0.1, 0.15) is 17.3 Å². The Morgan fingerprint density at radius 1 is 1.14 bits per heavy atom. The van der Waals surface area contributed by atoms with Crippen molar-refractivity contribution < 1.29 is 9.13 Å². The molecule has 0 radical (unpaired) electrons. The standard InChI is InChI=1S/C15H13FN4O/c1-21-13-4-2-3-12(9-13)20-15(17)14(18-19-20)10-5-7-11(16)8-6-10/h2-9H,17H2,1H3. The number of nitrogen functional groups attached to an aromatic ring is 1. The number of nitrogens with zero attached hydrogens (tertiary/aromatic N) is 3. The average Bonchev–Trinajstić information content (AvgIpc) is 2.90. The van der Waals surface area contributed by atoms with Gasteiger partial charge in [-0.05, 0) is 36.4 Å². The van der Waals surface area contributed by atoms with Crippen molar-refractivity contribution in [2.45, 2.75) is 0 Å². The predicted octanol–water partition coefficient (Wildman–Crippen LogP) is 2.66. The van der Waals surface area contributed by atoms with E-state index < -0.39 is 0 Å². The van der Waals surface area contributed by atoms with E-state index in [-0.39, 0.29) is 5.82 Å². The molecule has 106 valence electrons. The Balaban J connectivity index is 2.04. The van der Waals surface area contributed by atoms with E-state index in [1.54, 1.807) is 25.3 Å². The van der Waals surface area contributed by atoms with Crippen LogP contribution in [0.4, 0.5) is 10.2 Å². The van der Waals surface area contributed by atoms with Crippen LogP contribution in [0.5, 0.6) is 5.75 Å². The molecule has 0 unspecified atom stereocenters. The third kappa shape index (κ3) is 2.43. The van der Waals surface area contributed by atoms with Gasteiger partial charge >= 0.3 is 0 Å². The van der Waals surface area contributed by atoms with Gasteiger partial charge in [0.2, 0.25) is 0 Å². The smallest absolute Gasteiger partial charge is 0.155 e. The normalized spacial score (nSPS) is 10.6. The van der Waals surface area contributed by atoms with Gasteiger partial charge in [-0.1, -0.05) is 11.3 Å². The van der Waals surface area contributed by atoms with E-state index in [2.05, 4.69) is 10.3 Å². The summed E-state index contributed by atoms with van der Waals surface area (Å²) in [7, 11) is 1.59. The second-order valence-corrected chi connectivity index (χ2v) is 4.44. The summed E-state index contributed by atoms with van der Waals surface area (Å²) in [6.07, 6.45) is 0. The maximum Gasteiger partial charge on any atom is 0.155 e. The number of benzene rings is 2. The van der Waals surface area contributed by atoms with E-state index in [0.717, 1.165) is 5.69 Å². The van der Waals surface area contributed by atoms with Crippen molar-refractivity contribution in [2.24, 2.45) is 0 Å². The summed E-state index contributed by atoms with van der Waals surface area (Å²) in [5.74, 6) is 0.776. The molecule has 0 fully saturated rings. The van der Waals surface area contributed by atoms with Crippen LogP contribution in [0.2, 0.25) is 0 Å². The minimum absolute atomic E-state index is 0.308. The van der Waals surface area contributed by atoms with Gasteiger partial charge in [0, 0.05) is 11.6 Å². The van der Waals surface area contributed by atoms with E-state index in [9.17, 15) is 4.39 Å². The third-order valence-electron chi connectivity index (χ3n) is 3.12. The second kappa shape index (κ2) is 5.24. The Bertz CT molecular complexity index is 768. The number of aromatic nitrogens is 3. The zero-order valence-electron chi connectivity index (χ0n) is 11.3. The van der Waals surface area contributed by atoms with Crippen LogP contribution in [0.1, 0.15) is 0 Å². The molecular formula is C15H13FN4O. The quantitative estimate of drug-likeness (QED) is 0.803. The summed E-state index contributed by atoms with van der Waals surface area (Å²) in [4.78, 5) is 0. The molecule has 0 atom stereocenters. The number of halogens is 1. The first-order chi connectivity index (χ1) is 10.2. The van der Waals surface area contributed by atoms with Crippen molar-refractivity contribution in [3.05, 3.63) is 54.3 Å². The fourth-order valence-electron chi connectivity index (χ4n) is 2.04. The minimum atomic E-state index is -0.308. The van der Waals surface area contributed by atoms with E-state index >= 15 is 0 Å². The molecule has 5 nitrogen and oxygen atoms in total. The van der Waals surface area contributed by atoms with Crippen LogP contribution >= 0.6 is 0 Å². The molecule has 0 aliphatic carbocycles. The van der Waals surface area contributed by atoms with Crippen molar-refractivity contribution in [3.63, 3.8) is 0 Å². The second-order valence-electron chi connectivity index (χ2n) is 4.44. The Hall–Kier alpha value is -2.89. The maximum atomic E-state index is 13.0. The summed E-state index contributed by atoms with van der Waals surface area (Å²) in [5, 5.41) is 8.12. The first kappa shape index (κ1) is 13.1. The van der Waals surface area contributed by atoms with Crippen LogP contribution in [0.15, 0.2) is 48.5 Å². The maximum absolute atomic E-state index is 13.0. The molecule has 1 aromatic heterocycles. The van der Waals surface area contributed by atoms with E-state index in [4.69, 9.17) is 10.5 Å². The highest BCUT2D eigenvalue weighted by Gasteiger charge is 2.13. The largest absolute Gasteiger partial charge is 0.497 e. The van der Waals surface area contributed by atoms with Crippen molar-refractivity contribution in [2.75, 3.05) is 12.8 Å². The molecular weight excluding hydrogens is 271 g/mol. The summed E-state index contributed by atoms with van der Waals surface area (Å²) in [6.45, 7) is 0. The van der Waals surface area contributed by atoms with Crippen LogP contribution < -0.4 is 10.5 Å². The van der Waals surface area contributed by atoms with Crippen LogP contribution in [-0.2, 0) is 0 Å². The lowest BCUT2D eigenvalue weighted by Gasteiger charge is -2.05. The van der Waals surface area contributed by atoms with Gasteiger partial charge in [0.05, 0.1) is 12.8 Å². The number of hydrogen-bond donors (Lipinski definition) is 1. The number of hydrogen-bond acceptors (Lipinski definition) is 4. The monoisotopic (exact) mass is 284 g/mol. The summed E-state index contributed by atoms with van der Waals surface area (Å²) < 4.78 is 19.7. The molecule has 0 amide bonds. The molecule has 0 aliphatic rings. The van der Waals surface area contributed by atoms with Gasteiger partial charge in [-0.15, -0.1) is 5.10 Å². The zero-order valence-corrected chi connectivity index (χ0v) is 11.3. The van der Waals surface area contributed by atoms with Gasteiger partial charge in [-0.25, -0.2) is 4.39 Å². The summed E-state index contributed by atoms with van der Waals surface area (Å²) in [6, 6.07) is 13.3. The zero-order chi connectivity index (χ0) is 14.8. The highest BCUT2D eigenvalue weighted by Crippen LogP contribution is 2.26. The van der Waals surface area contributed by atoms with Crippen LogP contribution in [0.25, 0.3) is 16.9 Å². The molecule has 3 rings (SSSR count). The number of methoxy groups -OCH3 is 1. The van der Waals surface area contributed by atoms with Gasteiger partial charge < -0.3 is 10.5 Å². The Labute approximate surface area is 120 Å². The lowest BCUT2D eigenvalue weighted by Crippen LogP contribution is -2.02. The first-order valence-electron chi connectivity index (χ1n) is 6.30. The SMILES string of the molecule is COc1cccc(-n2nnc(-c3ccc(F)cc3)c2N)c1. The van der Waals surface area contributed by atoms with Crippen LogP contribution in [0.3, 0.4) is 0 Å². The van der Waals surface area contributed by atoms with Gasteiger partial charge in [0.15, 0.2) is 5.82 Å². The molecule has 6 heteroatoms. The average molecular weight is 284 g/mol. The third-order valence-corrected chi connectivity index (χ3v) is 3.12. The van der Waals surface area contributed by atoms with Crippen molar-refractivity contribution in [1.29, 1.82) is 0 Å². The molecule has 0 bridgehead atoms. The highest BCUT2D eigenvalue weighted by molar-refractivity contribution is 5.70. The lowest BCUT2D eigenvalue weighted by molar-refractivity contribution is 0.414. The lowest BCUT2D eigenvalue weighted by atomic mass is 10.1. The number of rotatable bonds is 3. The minimum Gasteiger partial charge on any atom is -0.497 e. The van der Waals surface area contributed by atoms with Crippen LogP contribution in [0, 0.1) is 5.82 Å². The Morgan fingerprint density at radius 2 is 1.90 bits per heavy atom. The number of ether oxygens (including phenoxy) is 1. The molecule has 1 heterocycles. The number of anilines is 1. The van der Waals surface area contributed by atoms with E-state index in [1.165, 1.54) is 16.8 Å². The van der Waals surface area contributed by atoms with Crippen LogP contribution in [-0.4, -0.2) is 22.1 Å². The molecule has 21 heavy (non-hydrogen) atoms. The molecule has 3 aromatic rings. The van der Waals surface area contributed by atoms with E-state index in [1.807, 2.05) is 18.2 Å². The van der Waals surface area contributed by atoms with E-state index in [0.29, 0.717) is 22.8 Å². The number of nitrogens with two attached hydrogens (primary N) is 1. The topological polar surface area (TPSA) is 66.0 Å². The van der Waals surface area contributed by atoms with Gasteiger partial charge in [-0.2, -0.15) is 4.68 Å². The van der Waals surface area contributed by atoms with Crippen molar-refractivity contribution in [1.82, 2.24) is 15.0 Å². The van der Waals surface area contributed by atoms with Gasteiger partial charge in [0.25, 0.3) is 0 Å².